The lowest BCUT2D eigenvalue weighted by atomic mass is 10.2. The molecule has 0 bridgehead atoms. The molecule has 2 aromatic rings. The number of furan rings is 1. The van der Waals surface area contributed by atoms with Gasteiger partial charge in [-0.15, -0.1) is 0 Å². The SMILES string of the molecule is Cc1occc1CN(C)Cc1ncncc1C(=O)O. The van der Waals surface area contributed by atoms with Gasteiger partial charge in [0.05, 0.1) is 12.0 Å². The van der Waals surface area contributed by atoms with Crippen LogP contribution in [-0.2, 0) is 13.1 Å². The van der Waals surface area contributed by atoms with Crippen LogP contribution in [0.25, 0.3) is 0 Å². The maximum absolute atomic E-state index is 11.1. The zero-order valence-electron chi connectivity index (χ0n) is 10.8. The summed E-state index contributed by atoms with van der Waals surface area (Å²) in [5.41, 5.74) is 1.72. The summed E-state index contributed by atoms with van der Waals surface area (Å²) in [7, 11) is 1.90. The largest absolute Gasteiger partial charge is 0.478 e. The lowest BCUT2D eigenvalue weighted by Crippen LogP contribution is -2.20. The Morgan fingerprint density at radius 1 is 1.47 bits per heavy atom. The molecular formula is C13H15N3O3. The highest BCUT2D eigenvalue weighted by atomic mass is 16.4. The van der Waals surface area contributed by atoms with Crippen molar-refractivity contribution in [3.05, 3.63) is 47.4 Å². The third-order valence-corrected chi connectivity index (χ3v) is 2.85. The number of hydrogen-bond acceptors (Lipinski definition) is 5. The van der Waals surface area contributed by atoms with Crippen LogP contribution in [0.5, 0.6) is 0 Å². The van der Waals surface area contributed by atoms with Crippen molar-refractivity contribution in [1.29, 1.82) is 0 Å². The van der Waals surface area contributed by atoms with Crippen LogP contribution in [0, 0.1) is 6.92 Å². The van der Waals surface area contributed by atoms with E-state index < -0.39 is 5.97 Å². The van der Waals surface area contributed by atoms with Gasteiger partial charge in [0.15, 0.2) is 0 Å². The van der Waals surface area contributed by atoms with E-state index >= 15 is 0 Å². The van der Waals surface area contributed by atoms with Gasteiger partial charge in [-0.3, -0.25) is 4.90 Å². The molecule has 0 amide bonds. The fourth-order valence-corrected chi connectivity index (χ4v) is 1.84. The molecule has 2 rings (SSSR count). The van der Waals surface area contributed by atoms with Gasteiger partial charge in [-0.1, -0.05) is 0 Å². The van der Waals surface area contributed by atoms with Crippen LogP contribution in [0.2, 0.25) is 0 Å². The minimum Gasteiger partial charge on any atom is -0.478 e. The minimum absolute atomic E-state index is 0.137. The zero-order valence-corrected chi connectivity index (χ0v) is 10.8. The van der Waals surface area contributed by atoms with E-state index in [1.165, 1.54) is 12.5 Å². The third-order valence-electron chi connectivity index (χ3n) is 2.85. The van der Waals surface area contributed by atoms with Gasteiger partial charge in [-0.25, -0.2) is 14.8 Å². The predicted octanol–water partition coefficient (Wildman–Crippen LogP) is 1.71. The molecule has 6 nitrogen and oxygen atoms in total. The second-order valence-corrected chi connectivity index (χ2v) is 4.36. The number of aryl methyl sites for hydroxylation is 1. The molecule has 0 aliphatic heterocycles. The smallest absolute Gasteiger partial charge is 0.339 e. The fourth-order valence-electron chi connectivity index (χ4n) is 1.84. The molecule has 0 aliphatic carbocycles. The molecule has 0 saturated carbocycles. The van der Waals surface area contributed by atoms with Crippen LogP contribution < -0.4 is 0 Å². The molecule has 6 heteroatoms. The summed E-state index contributed by atoms with van der Waals surface area (Å²) in [6, 6.07) is 1.91. The molecule has 0 aliphatic rings. The Hall–Kier alpha value is -2.21. The number of carbonyl (C=O) groups is 1. The van der Waals surface area contributed by atoms with Crippen LogP contribution in [0.4, 0.5) is 0 Å². The summed E-state index contributed by atoms with van der Waals surface area (Å²) < 4.78 is 5.23. The molecule has 19 heavy (non-hydrogen) atoms. The normalized spacial score (nSPS) is 10.9. The van der Waals surface area contributed by atoms with Crippen molar-refractivity contribution in [2.24, 2.45) is 0 Å². The summed E-state index contributed by atoms with van der Waals surface area (Å²) >= 11 is 0. The summed E-state index contributed by atoms with van der Waals surface area (Å²) in [5.74, 6) is -0.142. The zero-order chi connectivity index (χ0) is 13.8. The van der Waals surface area contributed by atoms with Crippen molar-refractivity contribution >= 4 is 5.97 Å². The number of aromatic nitrogens is 2. The first kappa shape index (κ1) is 13.2. The molecule has 0 radical (unpaired) electrons. The van der Waals surface area contributed by atoms with Gasteiger partial charge in [0, 0.05) is 24.8 Å². The molecule has 1 N–H and O–H groups in total. The maximum Gasteiger partial charge on any atom is 0.339 e. The lowest BCUT2D eigenvalue weighted by Gasteiger charge is -2.16. The molecule has 0 atom stereocenters. The summed E-state index contributed by atoms with van der Waals surface area (Å²) in [4.78, 5) is 20.8. The summed E-state index contributed by atoms with van der Waals surface area (Å²) in [5, 5.41) is 9.07. The van der Waals surface area contributed by atoms with Crippen LogP contribution in [0.1, 0.15) is 27.4 Å². The van der Waals surface area contributed by atoms with Gasteiger partial charge in [-0.2, -0.15) is 0 Å². The van der Waals surface area contributed by atoms with E-state index in [0.29, 0.717) is 18.8 Å². The lowest BCUT2D eigenvalue weighted by molar-refractivity contribution is 0.0693. The number of aromatic carboxylic acids is 1. The highest BCUT2D eigenvalue weighted by molar-refractivity contribution is 5.88. The molecule has 2 heterocycles. The van der Waals surface area contributed by atoms with Crippen LogP contribution in [0.3, 0.4) is 0 Å². The summed E-state index contributed by atoms with van der Waals surface area (Å²) in [6.07, 6.45) is 4.33. The van der Waals surface area contributed by atoms with E-state index in [0.717, 1.165) is 11.3 Å². The van der Waals surface area contributed by atoms with Gasteiger partial charge in [0.25, 0.3) is 0 Å². The third kappa shape index (κ3) is 3.17. The average Bonchev–Trinajstić information content (AvgIpc) is 2.75. The van der Waals surface area contributed by atoms with Crippen molar-refractivity contribution in [3.63, 3.8) is 0 Å². The molecule has 2 aromatic heterocycles. The van der Waals surface area contributed by atoms with Gasteiger partial charge in [-0.05, 0) is 20.0 Å². The van der Waals surface area contributed by atoms with Crippen molar-refractivity contribution in [2.75, 3.05) is 7.05 Å². The van der Waals surface area contributed by atoms with E-state index in [-0.39, 0.29) is 5.56 Å². The van der Waals surface area contributed by atoms with Crippen molar-refractivity contribution in [2.45, 2.75) is 20.0 Å². The van der Waals surface area contributed by atoms with Crippen LogP contribution in [0.15, 0.2) is 29.3 Å². The molecule has 0 spiro atoms. The van der Waals surface area contributed by atoms with Crippen molar-refractivity contribution < 1.29 is 14.3 Å². The molecule has 0 unspecified atom stereocenters. The highest BCUT2D eigenvalue weighted by Gasteiger charge is 2.14. The topological polar surface area (TPSA) is 79.5 Å². The number of hydrogen-bond donors (Lipinski definition) is 1. The first-order valence-corrected chi connectivity index (χ1v) is 5.81. The Kier molecular flexibility index (Phi) is 3.91. The number of carboxylic acids is 1. The first-order chi connectivity index (χ1) is 9.08. The first-order valence-electron chi connectivity index (χ1n) is 5.81. The Labute approximate surface area is 110 Å². The number of rotatable bonds is 5. The maximum atomic E-state index is 11.1. The molecule has 0 aromatic carbocycles. The second-order valence-electron chi connectivity index (χ2n) is 4.36. The van der Waals surface area contributed by atoms with Gasteiger partial charge in [0.1, 0.15) is 17.7 Å². The Bertz CT molecular complexity index is 580. The van der Waals surface area contributed by atoms with Gasteiger partial charge in [0.2, 0.25) is 0 Å². The Morgan fingerprint density at radius 3 is 2.89 bits per heavy atom. The van der Waals surface area contributed by atoms with E-state index in [1.807, 2.05) is 24.9 Å². The molecule has 100 valence electrons. The Balaban J connectivity index is 2.09. The fraction of sp³-hybridized carbons (Fsp3) is 0.308. The van der Waals surface area contributed by atoms with Gasteiger partial charge < -0.3 is 9.52 Å². The van der Waals surface area contributed by atoms with E-state index in [4.69, 9.17) is 9.52 Å². The molecule has 0 saturated heterocycles. The molecule has 0 fully saturated rings. The summed E-state index contributed by atoms with van der Waals surface area (Å²) in [6.45, 7) is 3.01. The van der Waals surface area contributed by atoms with Crippen LogP contribution >= 0.6 is 0 Å². The second kappa shape index (κ2) is 5.62. The van der Waals surface area contributed by atoms with E-state index in [9.17, 15) is 4.79 Å². The average molecular weight is 261 g/mol. The van der Waals surface area contributed by atoms with E-state index in [1.54, 1.807) is 6.26 Å². The van der Waals surface area contributed by atoms with Gasteiger partial charge >= 0.3 is 5.97 Å². The van der Waals surface area contributed by atoms with Crippen molar-refractivity contribution in [3.8, 4) is 0 Å². The van der Waals surface area contributed by atoms with Crippen LogP contribution in [-0.4, -0.2) is 33.0 Å². The minimum atomic E-state index is -1.01. The predicted molar refractivity (Wildman–Crippen MR) is 67.6 cm³/mol. The molecular weight excluding hydrogens is 246 g/mol. The number of carboxylic acid groups (broad SMARTS) is 1. The Morgan fingerprint density at radius 2 is 2.26 bits per heavy atom. The standard InChI is InChI=1S/C13H15N3O3/c1-9-10(3-4-19-9)6-16(2)7-12-11(13(17)18)5-14-8-15-12/h3-5,8H,6-7H2,1-2H3,(H,17,18). The highest BCUT2D eigenvalue weighted by Crippen LogP contribution is 2.13. The number of nitrogens with zero attached hydrogens (tertiary/aromatic N) is 3. The monoisotopic (exact) mass is 261 g/mol. The van der Waals surface area contributed by atoms with E-state index in [2.05, 4.69) is 9.97 Å². The van der Waals surface area contributed by atoms with Crippen molar-refractivity contribution in [1.82, 2.24) is 14.9 Å². The quantitative estimate of drug-likeness (QED) is 0.882.